The van der Waals surface area contributed by atoms with Crippen LogP contribution in [-0.2, 0) is 0 Å². The quantitative estimate of drug-likeness (QED) is 0.449. The molecular weight excluding hydrogens is 328 g/mol. The van der Waals surface area contributed by atoms with E-state index in [2.05, 4.69) is 75.5 Å². The van der Waals surface area contributed by atoms with Crippen molar-refractivity contribution in [3.8, 4) is 0 Å². The normalized spacial score (nSPS) is 43.7. The van der Waals surface area contributed by atoms with Gasteiger partial charge >= 0.3 is 0 Å². The first-order chi connectivity index (χ1) is 12.5. The standard InChI is InChI=1S/C25H38Si/c1-5-18-15-20(23-13-8-7-11-21(18)23)17-26(3,4)25-16-19(6-2)22-12-9-10-14-24(22)25/h7-14,18-25H,5-6,15-17H2,1-4H3. The molecule has 4 aliphatic carbocycles. The summed E-state index contributed by atoms with van der Waals surface area (Å²) in [6.07, 6.45) is 25.2. The first-order valence-corrected chi connectivity index (χ1v) is 14.5. The molecule has 8 atom stereocenters. The average molecular weight is 367 g/mol. The lowest BCUT2D eigenvalue weighted by Gasteiger charge is -2.38. The third-order valence-electron chi connectivity index (χ3n) is 8.55. The van der Waals surface area contributed by atoms with Gasteiger partial charge in [-0.05, 0) is 59.8 Å². The summed E-state index contributed by atoms with van der Waals surface area (Å²) in [4.78, 5) is 0. The van der Waals surface area contributed by atoms with Crippen LogP contribution in [0.15, 0.2) is 48.6 Å². The highest BCUT2D eigenvalue weighted by Crippen LogP contribution is 2.57. The second-order valence-corrected chi connectivity index (χ2v) is 15.3. The highest BCUT2D eigenvalue weighted by atomic mass is 28.3. The Labute approximate surface area is 162 Å². The van der Waals surface area contributed by atoms with E-state index in [1.807, 2.05) is 0 Å². The van der Waals surface area contributed by atoms with E-state index in [-0.39, 0.29) is 0 Å². The number of hydrogen-bond acceptors (Lipinski definition) is 0. The van der Waals surface area contributed by atoms with Crippen LogP contribution in [0.25, 0.3) is 0 Å². The number of rotatable bonds is 5. The largest absolute Gasteiger partial charge is 0.0808 e. The van der Waals surface area contributed by atoms with Crippen LogP contribution in [-0.4, -0.2) is 8.07 Å². The maximum atomic E-state index is 2.73. The second-order valence-electron chi connectivity index (χ2n) is 10.2. The number of fused-ring (bicyclic) bond motifs is 2. The van der Waals surface area contributed by atoms with Gasteiger partial charge in [-0.15, -0.1) is 0 Å². The summed E-state index contributed by atoms with van der Waals surface area (Å²) in [5, 5.41) is 0. The van der Waals surface area contributed by atoms with Crippen molar-refractivity contribution in [2.24, 2.45) is 41.4 Å². The summed E-state index contributed by atoms with van der Waals surface area (Å²) >= 11 is 0. The van der Waals surface area contributed by atoms with Gasteiger partial charge in [0.05, 0.1) is 8.07 Å². The first-order valence-electron chi connectivity index (χ1n) is 11.2. The summed E-state index contributed by atoms with van der Waals surface area (Å²) in [7, 11) is -1.26. The fourth-order valence-corrected chi connectivity index (χ4v) is 11.6. The third kappa shape index (κ3) is 3.15. The van der Waals surface area contributed by atoms with Gasteiger partial charge in [-0.3, -0.25) is 0 Å². The van der Waals surface area contributed by atoms with Gasteiger partial charge in [0.2, 0.25) is 0 Å². The highest BCUT2D eigenvalue weighted by Gasteiger charge is 2.50. The molecule has 2 saturated carbocycles. The number of allylic oxidation sites excluding steroid dienone is 8. The smallest absolute Gasteiger partial charge is 0.0513 e. The fourth-order valence-electron chi connectivity index (χ4n) is 7.21. The summed E-state index contributed by atoms with van der Waals surface area (Å²) in [6, 6.07) is 1.55. The molecule has 0 spiro atoms. The minimum Gasteiger partial charge on any atom is -0.0808 e. The molecule has 26 heavy (non-hydrogen) atoms. The van der Waals surface area contributed by atoms with Crippen molar-refractivity contribution >= 4 is 8.07 Å². The zero-order valence-electron chi connectivity index (χ0n) is 17.3. The van der Waals surface area contributed by atoms with Crippen molar-refractivity contribution in [2.75, 3.05) is 0 Å². The minimum atomic E-state index is -1.26. The third-order valence-corrected chi connectivity index (χ3v) is 12.7. The molecule has 1 heteroatoms. The average Bonchev–Trinajstić information content (AvgIpc) is 3.20. The molecule has 0 aliphatic heterocycles. The molecule has 4 rings (SSSR count). The van der Waals surface area contributed by atoms with E-state index in [1.54, 1.807) is 6.04 Å². The molecular formula is C25H38Si. The van der Waals surface area contributed by atoms with Crippen molar-refractivity contribution in [1.82, 2.24) is 0 Å². The Hall–Kier alpha value is -0.823. The molecule has 2 fully saturated rings. The van der Waals surface area contributed by atoms with Crippen LogP contribution < -0.4 is 0 Å². The lowest BCUT2D eigenvalue weighted by molar-refractivity contribution is 0.400. The van der Waals surface area contributed by atoms with Gasteiger partial charge < -0.3 is 0 Å². The Balaban J connectivity index is 1.52. The van der Waals surface area contributed by atoms with E-state index >= 15 is 0 Å². The van der Waals surface area contributed by atoms with Crippen molar-refractivity contribution in [1.29, 1.82) is 0 Å². The summed E-state index contributed by atoms with van der Waals surface area (Å²) in [6.45, 7) is 10.3. The van der Waals surface area contributed by atoms with Crippen LogP contribution >= 0.6 is 0 Å². The van der Waals surface area contributed by atoms with Crippen LogP contribution in [0.3, 0.4) is 0 Å². The van der Waals surface area contributed by atoms with Gasteiger partial charge in [-0.1, -0.05) is 94.4 Å². The fraction of sp³-hybridized carbons (Fsp3) is 0.680. The van der Waals surface area contributed by atoms with Gasteiger partial charge in [0, 0.05) is 0 Å². The molecule has 8 unspecified atom stereocenters. The molecule has 0 N–H and O–H groups in total. The monoisotopic (exact) mass is 366 g/mol. The Bertz CT molecular complexity index is 622. The molecule has 0 bridgehead atoms. The Morgan fingerprint density at radius 2 is 1.12 bits per heavy atom. The molecule has 0 amide bonds. The molecule has 0 nitrogen and oxygen atoms in total. The molecule has 0 aromatic heterocycles. The second kappa shape index (κ2) is 7.30. The van der Waals surface area contributed by atoms with Gasteiger partial charge in [0.1, 0.15) is 0 Å². The molecule has 0 heterocycles. The Morgan fingerprint density at radius 3 is 1.69 bits per heavy atom. The van der Waals surface area contributed by atoms with Crippen LogP contribution in [0.4, 0.5) is 0 Å². The minimum absolute atomic E-state index is 0.831. The van der Waals surface area contributed by atoms with Crippen molar-refractivity contribution in [3.05, 3.63) is 48.6 Å². The molecule has 0 aromatic carbocycles. The summed E-state index contributed by atoms with van der Waals surface area (Å²) in [5.41, 5.74) is 0.987. The van der Waals surface area contributed by atoms with Crippen LogP contribution in [0.1, 0.15) is 39.5 Å². The van der Waals surface area contributed by atoms with E-state index in [0.717, 1.165) is 47.0 Å². The van der Waals surface area contributed by atoms with Gasteiger partial charge in [0.25, 0.3) is 0 Å². The van der Waals surface area contributed by atoms with Crippen LogP contribution in [0.5, 0.6) is 0 Å². The van der Waals surface area contributed by atoms with E-state index in [9.17, 15) is 0 Å². The Kier molecular flexibility index (Phi) is 5.20. The molecule has 142 valence electrons. The molecule has 0 aromatic rings. The van der Waals surface area contributed by atoms with E-state index in [1.165, 1.54) is 25.7 Å². The van der Waals surface area contributed by atoms with Crippen molar-refractivity contribution in [3.63, 3.8) is 0 Å². The van der Waals surface area contributed by atoms with E-state index in [0.29, 0.717) is 0 Å². The van der Waals surface area contributed by atoms with Gasteiger partial charge in [-0.2, -0.15) is 0 Å². The Morgan fingerprint density at radius 1 is 0.654 bits per heavy atom. The molecule has 0 radical (unpaired) electrons. The van der Waals surface area contributed by atoms with E-state index < -0.39 is 8.07 Å². The summed E-state index contributed by atoms with van der Waals surface area (Å²) in [5.74, 6) is 6.12. The predicted molar refractivity (Wildman–Crippen MR) is 117 cm³/mol. The van der Waals surface area contributed by atoms with Crippen molar-refractivity contribution in [2.45, 2.75) is 64.2 Å². The molecule has 4 aliphatic rings. The number of hydrogen-bond donors (Lipinski definition) is 0. The predicted octanol–water partition coefficient (Wildman–Crippen LogP) is 7.26. The maximum absolute atomic E-state index is 2.73. The topological polar surface area (TPSA) is 0 Å². The van der Waals surface area contributed by atoms with Gasteiger partial charge in [-0.25, -0.2) is 0 Å². The van der Waals surface area contributed by atoms with Crippen LogP contribution in [0.2, 0.25) is 24.7 Å². The highest BCUT2D eigenvalue weighted by molar-refractivity contribution is 6.79. The van der Waals surface area contributed by atoms with Gasteiger partial charge in [0.15, 0.2) is 0 Å². The van der Waals surface area contributed by atoms with E-state index in [4.69, 9.17) is 0 Å². The lowest BCUT2D eigenvalue weighted by Crippen LogP contribution is -2.38. The summed E-state index contributed by atoms with van der Waals surface area (Å²) < 4.78 is 0. The zero-order valence-corrected chi connectivity index (χ0v) is 18.3. The SMILES string of the molecule is CCC1CC(C[Si](C)(C)C2CC(CC)C3C=CC=CC32)C2C=CC=CC12. The maximum Gasteiger partial charge on any atom is 0.0513 e. The molecule has 0 saturated heterocycles. The first kappa shape index (κ1) is 18.5. The zero-order chi connectivity index (χ0) is 18.3. The van der Waals surface area contributed by atoms with Crippen molar-refractivity contribution < 1.29 is 0 Å². The van der Waals surface area contributed by atoms with Crippen LogP contribution in [0, 0.1) is 41.4 Å². The lowest BCUT2D eigenvalue weighted by atomic mass is 9.83.